The minimum atomic E-state index is -1.43. The van der Waals surface area contributed by atoms with Crippen molar-refractivity contribution >= 4 is 8.07 Å². The van der Waals surface area contributed by atoms with Crippen LogP contribution in [0.1, 0.15) is 51.3 Å². The molecule has 0 amide bonds. The first kappa shape index (κ1) is 20.0. The molecule has 0 fully saturated rings. The summed E-state index contributed by atoms with van der Waals surface area (Å²) in [5, 5.41) is 0.385. The fourth-order valence-corrected chi connectivity index (χ4v) is 5.90. The second-order valence-electron chi connectivity index (χ2n) is 9.77. The molecule has 1 unspecified atom stereocenters. The summed E-state index contributed by atoms with van der Waals surface area (Å²) in [5.41, 5.74) is 5.76. The highest BCUT2D eigenvalue weighted by atomic mass is 28.3. The maximum atomic E-state index is 5.78. The number of ether oxygens (including phenoxy) is 1. The van der Waals surface area contributed by atoms with E-state index in [1.54, 1.807) is 7.11 Å². The molecule has 0 radical (unpaired) electrons. The zero-order valence-electron chi connectivity index (χ0n) is 17.9. The second-order valence-corrected chi connectivity index (χ2v) is 15.4. The molecule has 0 aliphatic heterocycles. The lowest BCUT2D eigenvalue weighted by atomic mass is 9.76. The predicted molar refractivity (Wildman–Crippen MR) is 114 cm³/mol. The second kappa shape index (κ2) is 6.46. The lowest BCUT2D eigenvalue weighted by Gasteiger charge is -2.40. The van der Waals surface area contributed by atoms with Gasteiger partial charge in [0.15, 0.2) is 0 Å². The molecule has 1 nitrogen and oxygen atoms in total. The molecule has 0 spiro atoms. The molecule has 25 heavy (non-hydrogen) atoms. The Labute approximate surface area is 156 Å². The van der Waals surface area contributed by atoms with Crippen molar-refractivity contribution in [1.82, 2.24) is 0 Å². The van der Waals surface area contributed by atoms with Crippen LogP contribution in [-0.2, 0) is 5.41 Å². The van der Waals surface area contributed by atoms with Crippen molar-refractivity contribution in [3.8, 4) is 5.75 Å². The van der Waals surface area contributed by atoms with E-state index >= 15 is 0 Å². The smallest absolute Gasteiger partial charge is 0.125 e. The largest absolute Gasteiger partial charge is 0.496 e. The molecule has 1 aromatic rings. The first-order chi connectivity index (χ1) is 11.3. The van der Waals surface area contributed by atoms with Gasteiger partial charge in [-0.2, -0.15) is 0 Å². The highest BCUT2D eigenvalue weighted by molar-refractivity contribution is 6.82. The third kappa shape index (κ3) is 3.51. The van der Waals surface area contributed by atoms with Crippen molar-refractivity contribution < 1.29 is 4.74 Å². The van der Waals surface area contributed by atoms with Crippen LogP contribution in [0.3, 0.4) is 0 Å². The van der Waals surface area contributed by atoms with Crippen LogP contribution in [0.25, 0.3) is 0 Å². The number of hydrogen-bond acceptors (Lipinski definition) is 1. The van der Waals surface area contributed by atoms with Crippen LogP contribution in [0.5, 0.6) is 5.75 Å². The summed E-state index contributed by atoms with van der Waals surface area (Å²) in [7, 11) is 0.355. The third-order valence-corrected chi connectivity index (χ3v) is 12.5. The molecule has 1 aliphatic carbocycles. The van der Waals surface area contributed by atoms with Gasteiger partial charge in [0.25, 0.3) is 0 Å². The number of rotatable bonds is 4. The van der Waals surface area contributed by atoms with Crippen molar-refractivity contribution in [2.45, 2.75) is 77.6 Å². The molecule has 1 atom stereocenters. The molecule has 138 valence electrons. The third-order valence-electron chi connectivity index (χ3n) is 6.63. The van der Waals surface area contributed by atoms with Gasteiger partial charge in [0, 0.05) is 11.0 Å². The molecule has 0 heterocycles. The summed E-state index contributed by atoms with van der Waals surface area (Å²) in [6.07, 6.45) is 7.35. The summed E-state index contributed by atoms with van der Waals surface area (Å²) in [4.78, 5) is 0. The summed E-state index contributed by atoms with van der Waals surface area (Å²) >= 11 is 0. The lowest BCUT2D eigenvalue weighted by molar-refractivity contribution is 0.397. The molecular formula is C23H36OSi. The zero-order valence-corrected chi connectivity index (χ0v) is 18.9. The van der Waals surface area contributed by atoms with Gasteiger partial charge < -0.3 is 4.74 Å². The molecule has 0 bridgehead atoms. The maximum Gasteiger partial charge on any atom is 0.125 e. The van der Waals surface area contributed by atoms with Crippen LogP contribution in [-0.4, -0.2) is 15.2 Å². The molecule has 0 saturated heterocycles. The standard InChI is InChI=1S/C23H36OSi/c1-16-13-17(2)21(24-8)20(14-16)23(6,7)18-11-12-19(15-18)25(9,10)22(3,4)5/h11-15,19H,1-10H3. The fourth-order valence-electron chi connectivity index (χ4n) is 3.72. The predicted octanol–water partition coefficient (Wildman–Crippen LogP) is 6.96. The van der Waals surface area contributed by atoms with Crippen molar-refractivity contribution in [3.63, 3.8) is 0 Å². The Balaban J connectivity index is 2.49. The van der Waals surface area contributed by atoms with E-state index in [9.17, 15) is 0 Å². The van der Waals surface area contributed by atoms with Gasteiger partial charge in [0.05, 0.1) is 15.2 Å². The Morgan fingerprint density at radius 3 is 2.12 bits per heavy atom. The molecule has 2 heteroatoms. The van der Waals surface area contributed by atoms with Gasteiger partial charge in [-0.1, -0.05) is 83.6 Å². The first-order valence-electron chi connectivity index (χ1n) is 9.38. The van der Waals surface area contributed by atoms with Crippen LogP contribution >= 0.6 is 0 Å². The van der Waals surface area contributed by atoms with E-state index in [0.717, 1.165) is 5.75 Å². The Morgan fingerprint density at radius 2 is 1.60 bits per heavy atom. The fraction of sp³-hybridized carbons (Fsp3) is 0.565. The minimum Gasteiger partial charge on any atom is -0.496 e. The highest BCUT2D eigenvalue weighted by Gasteiger charge is 2.42. The number of aryl methyl sites for hydroxylation is 2. The molecular weight excluding hydrogens is 320 g/mol. The van der Waals surface area contributed by atoms with E-state index in [1.165, 1.54) is 22.3 Å². The normalized spacial score (nSPS) is 18.5. The molecule has 0 aromatic heterocycles. The van der Waals surface area contributed by atoms with Crippen LogP contribution in [0, 0.1) is 13.8 Å². The van der Waals surface area contributed by atoms with E-state index in [1.807, 2.05) is 0 Å². The van der Waals surface area contributed by atoms with E-state index in [0.29, 0.717) is 10.6 Å². The maximum absolute atomic E-state index is 5.78. The molecule has 0 N–H and O–H groups in total. The summed E-state index contributed by atoms with van der Waals surface area (Å²) in [6.45, 7) is 21.2. The van der Waals surface area contributed by atoms with Crippen LogP contribution in [0.2, 0.25) is 23.7 Å². The van der Waals surface area contributed by atoms with Gasteiger partial charge in [-0.05, 0) is 35.6 Å². The summed E-state index contributed by atoms with van der Waals surface area (Å²) < 4.78 is 5.78. The Kier molecular flexibility index (Phi) is 5.18. The minimum absolute atomic E-state index is 0.0598. The number of hydrogen-bond donors (Lipinski definition) is 0. The summed E-state index contributed by atoms with van der Waals surface area (Å²) in [6, 6.07) is 4.50. The van der Waals surface area contributed by atoms with Crippen molar-refractivity contribution in [1.29, 1.82) is 0 Å². The van der Waals surface area contributed by atoms with Gasteiger partial charge in [0.2, 0.25) is 0 Å². The van der Waals surface area contributed by atoms with Gasteiger partial charge >= 0.3 is 0 Å². The van der Waals surface area contributed by atoms with Crippen molar-refractivity contribution in [2.24, 2.45) is 0 Å². The van der Waals surface area contributed by atoms with Crippen molar-refractivity contribution in [3.05, 3.63) is 52.6 Å². The van der Waals surface area contributed by atoms with Gasteiger partial charge in [-0.3, -0.25) is 0 Å². The zero-order chi connectivity index (χ0) is 19.2. The lowest BCUT2D eigenvalue weighted by Crippen LogP contribution is -2.40. The van der Waals surface area contributed by atoms with Gasteiger partial charge in [0.1, 0.15) is 5.75 Å². The van der Waals surface area contributed by atoms with Gasteiger partial charge in [-0.15, -0.1) is 0 Å². The van der Waals surface area contributed by atoms with E-state index in [4.69, 9.17) is 4.74 Å². The number of allylic oxidation sites excluding steroid dienone is 4. The average molecular weight is 357 g/mol. The van der Waals surface area contributed by atoms with Crippen molar-refractivity contribution in [2.75, 3.05) is 7.11 Å². The SMILES string of the molecule is COc1c(C)cc(C)cc1C(C)(C)C1=CC([Si](C)(C)C(C)(C)C)C=C1. The molecule has 2 rings (SSSR count). The Hall–Kier alpha value is -1.28. The average Bonchev–Trinajstić information content (AvgIpc) is 2.96. The Bertz CT molecular complexity index is 714. The van der Waals surface area contributed by atoms with E-state index < -0.39 is 8.07 Å². The number of benzene rings is 1. The van der Waals surface area contributed by atoms with E-state index in [2.05, 4.69) is 91.9 Å². The van der Waals surface area contributed by atoms with Crippen LogP contribution in [0.15, 0.2) is 35.9 Å². The number of methoxy groups -OCH3 is 1. The van der Waals surface area contributed by atoms with Crippen LogP contribution < -0.4 is 4.74 Å². The molecule has 0 saturated carbocycles. The molecule has 1 aromatic carbocycles. The monoisotopic (exact) mass is 356 g/mol. The first-order valence-corrected chi connectivity index (χ1v) is 12.5. The highest BCUT2D eigenvalue weighted by Crippen LogP contribution is 2.50. The van der Waals surface area contributed by atoms with Gasteiger partial charge in [-0.25, -0.2) is 0 Å². The quantitative estimate of drug-likeness (QED) is 0.530. The Morgan fingerprint density at radius 1 is 1.00 bits per heavy atom. The molecule has 1 aliphatic rings. The summed E-state index contributed by atoms with van der Waals surface area (Å²) in [5.74, 6) is 1.03. The van der Waals surface area contributed by atoms with E-state index in [-0.39, 0.29) is 5.41 Å². The topological polar surface area (TPSA) is 9.23 Å². The van der Waals surface area contributed by atoms with Crippen LogP contribution in [0.4, 0.5) is 0 Å².